The highest BCUT2D eigenvalue weighted by Gasteiger charge is 2.24. The largest absolute Gasteiger partial charge is 0.480 e. The van der Waals surface area contributed by atoms with Crippen LogP contribution in [0.2, 0.25) is 0 Å². The fourth-order valence-electron chi connectivity index (χ4n) is 1.70. The molecule has 1 rings (SSSR count). The van der Waals surface area contributed by atoms with Gasteiger partial charge in [-0.25, -0.2) is 0 Å². The third kappa shape index (κ3) is 4.90. The molecule has 0 spiro atoms. The smallest absolute Gasteiger partial charge is 0.329 e. The molecule has 0 saturated carbocycles. The third-order valence-electron chi connectivity index (χ3n) is 2.49. The van der Waals surface area contributed by atoms with E-state index < -0.39 is 19.6 Å². The number of nitrogens with one attached hydrogen (secondary N) is 1. The fraction of sp³-hybridized carbons (Fsp3) is 0.667. The average Bonchev–Trinajstić information content (AvgIpc) is 2.16. The summed E-state index contributed by atoms with van der Waals surface area (Å²) >= 11 is 0. The van der Waals surface area contributed by atoms with Gasteiger partial charge in [-0.15, -0.1) is 0 Å². The van der Waals surface area contributed by atoms with E-state index in [4.69, 9.17) is 14.9 Å². The van der Waals surface area contributed by atoms with Crippen LogP contribution in [0.15, 0.2) is 12.2 Å². The first-order valence-corrected chi connectivity index (χ1v) is 6.85. The van der Waals surface area contributed by atoms with Gasteiger partial charge < -0.3 is 20.2 Å². The predicted octanol–water partition coefficient (Wildman–Crippen LogP) is 0.173. The zero-order valence-electron chi connectivity index (χ0n) is 8.74. The number of hydrogen-bond acceptors (Lipinski definition) is 3. The van der Waals surface area contributed by atoms with Gasteiger partial charge in [-0.2, -0.15) is 0 Å². The molecular weight excluding hydrogens is 233 g/mol. The van der Waals surface area contributed by atoms with Gasteiger partial charge in [-0.3, -0.25) is 9.36 Å². The summed E-state index contributed by atoms with van der Waals surface area (Å²) in [5.74, 6) is -0.804. The first-order chi connectivity index (χ1) is 7.38. The Balaban J connectivity index is 2.43. The molecular formula is C9H16NO5P. The van der Waals surface area contributed by atoms with E-state index in [1.54, 1.807) is 6.08 Å². The van der Waals surface area contributed by atoms with Crippen molar-refractivity contribution in [3.63, 3.8) is 0 Å². The zero-order chi connectivity index (χ0) is 12.2. The van der Waals surface area contributed by atoms with Crippen LogP contribution in [0.5, 0.6) is 0 Å². The van der Waals surface area contributed by atoms with Crippen LogP contribution in [-0.2, 0) is 9.36 Å². The van der Waals surface area contributed by atoms with Crippen molar-refractivity contribution in [1.29, 1.82) is 0 Å². The highest BCUT2D eigenvalue weighted by Crippen LogP contribution is 2.34. The van der Waals surface area contributed by atoms with Crippen LogP contribution in [0.3, 0.4) is 0 Å². The van der Waals surface area contributed by atoms with Crippen LogP contribution in [0.4, 0.5) is 0 Å². The molecule has 4 N–H and O–H groups in total. The van der Waals surface area contributed by atoms with Crippen LogP contribution >= 0.6 is 7.60 Å². The minimum absolute atomic E-state index is 0.0777. The van der Waals surface area contributed by atoms with E-state index in [-0.39, 0.29) is 12.1 Å². The van der Waals surface area contributed by atoms with Crippen molar-refractivity contribution >= 4 is 13.6 Å². The summed E-state index contributed by atoms with van der Waals surface area (Å²) in [4.78, 5) is 28.0. The van der Waals surface area contributed by atoms with Crippen molar-refractivity contribution in [1.82, 2.24) is 5.32 Å². The minimum Gasteiger partial charge on any atom is -0.480 e. The zero-order valence-corrected chi connectivity index (χ0v) is 9.64. The third-order valence-corrected chi connectivity index (χ3v) is 3.18. The van der Waals surface area contributed by atoms with Crippen molar-refractivity contribution in [2.24, 2.45) is 5.92 Å². The second-order valence-electron chi connectivity index (χ2n) is 3.90. The number of carboxylic acids is 1. The quantitative estimate of drug-likeness (QED) is 0.418. The van der Waals surface area contributed by atoms with Gasteiger partial charge in [0.1, 0.15) is 6.04 Å². The Labute approximate surface area is 93.5 Å². The van der Waals surface area contributed by atoms with E-state index in [2.05, 4.69) is 5.32 Å². The maximum Gasteiger partial charge on any atom is 0.329 e. The molecule has 0 aromatic heterocycles. The fourth-order valence-corrected chi connectivity index (χ4v) is 2.10. The molecule has 0 aliphatic carbocycles. The molecule has 1 fully saturated rings. The Morgan fingerprint density at radius 1 is 1.50 bits per heavy atom. The summed E-state index contributed by atoms with van der Waals surface area (Å²) in [7, 11) is -3.99. The summed E-state index contributed by atoms with van der Waals surface area (Å²) in [5.41, 5.74) is 0. The lowest BCUT2D eigenvalue weighted by Crippen LogP contribution is -2.43. The van der Waals surface area contributed by atoms with Crippen LogP contribution < -0.4 is 5.32 Å². The molecule has 1 aliphatic rings. The number of carbonyl (C=O) groups is 1. The van der Waals surface area contributed by atoms with Crippen LogP contribution in [0.1, 0.15) is 12.8 Å². The SMILES string of the molecule is O=C(O)C1CC(/C=C/CP(=O)(O)O)CCN1. The summed E-state index contributed by atoms with van der Waals surface area (Å²) < 4.78 is 10.6. The number of hydrogen-bond donors (Lipinski definition) is 4. The number of carboxylic acid groups (broad SMARTS) is 1. The molecule has 92 valence electrons. The van der Waals surface area contributed by atoms with E-state index in [1.165, 1.54) is 6.08 Å². The van der Waals surface area contributed by atoms with Crippen LogP contribution in [0, 0.1) is 5.92 Å². The van der Waals surface area contributed by atoms with Gasteiger partial charge in [0.2, 0.25) is 0 Å². The van der Waals surface area contributed by atoms with E-state index >= 15 is 0 Å². The molecule has 0 amide bonds. The minimum atomic E-state index is -3.99. The lowest BCUT2D eigenvalue weighted by atomic mass is 9.92. The topological polar surface area (TPSA) is 107 Å². The number of aliphatic carboxylic acids is 1. The lowest BCUT2D eigenvalue weighted by Gasteiger charge is -2.25. The van der Waals surface area contributed by atoms with Crippen molar-refractivity contribution in [2.45, 2.75) is 18.9 Å². The van der Waals surface area contributed by atoms with Gasteiger partial charge in [0.05, 0.1) is 6.16 Å². The van der Waals surface area contributed by atoms with Gasteiger partial charge in [0.25, 0.3) is 0 Å². The van der Waals surface area contributed by atoms with Crippen molar-refractivity contribution in [2.75, 3.05) is 12.7 Å². The normalized spacial score (nSPS) is 27.1. The second-order valence-corrected chi connectivity index (χ2v) is 5.60. The monoisotopic (exact) mass is 249 g/mol. The first kappa shape index (κ1) is 13.4. The molecule has 7 heteroatoms. The molecule has 0 aromatic rings. The Bertz CT molecular complexity index is 324. The summed E-state index contributed by atoms with van der Waals surface area (Å²) in [6, 6.07) is -0.557. The van der Waals surface area contributed by atoms with Gasteiger partial charge in [-0.1, -0.05) is 12.2 Å². The van der Waals surface area contributed by atoms with Crippen molar-refractivity contribution in [3.05, 3.63) is 12.2 Å². The molecule has 6 nitrogen and oxygen atoms in total. The van der Waals surface area contributed by atoms with E-state index in [1.807, 2.05) is 0 Å². The second kappa shape index (κ2) is 5.59. The highest BCUT2D eigenvalue weighted by molar-refractivity contribution is 7.51. The Kier molecular flexibility index (Phi) is 4.68. The number of allylic oxidation sites excluding steroid dienone is 2. The van der Waals surface area contributed by atoms with Gasteiger partial charge in [-0.05, 0) is 25.3 Å². The van der Waals surface area contributed by atoms with E-state index in [9.17, 15) is 9.36 Å². The predicted molar refractivity (Wildman–Crippen MR) is 58.2 cm³/mol. The summed E-state index contributed by atoms with van der Waals surface area (Å²) in [6.45, 7) is 0.613. The van der Waals surface area contributed by atoms with E-state index in [0.717, 1.165) is 6.42 Å². The van der Waals surface area contributed by atoms with Crippen molar-refractivity contribution in [3.8, 4) is 0 Å². The van der Waals surface area contributed by atoms with Gasteiger partial charge in [0.15, 0.2) is 0 Å². The first-order valence-electron chi connectivity index (χ1n) is 5.06. The molecule has 1 aliphatic heterocycles. The van der Waals surface area contributed by atoms with Gasteiger partial charge in [0, 0.05) is 0 Å². The standard InChI is InChI=1S/C9H16NO5P/c11-9(12)8-6-7(3-4-10-8)2-1-5-16(13,14)15/h1-2,7-8,10H,3-6H2,(H,11,12)(H2,13,14,15)/b2-1+. The summed E-state index contributed by atoms with van der Waals surface area (Å²) in [5, 5.41) is 11.7. The lowest BCUT2D eigenvalue weighted by molar-refractivity contribution is -0.140. The maximum atomic E-state index is 10.7. The molecule has 1 saturated heterocycles. The molecule has 0 bridgehead atoms. The Morgan fingerprint density at radius 3 is 2.75 bits per heavy atom. The Hall–Kier alpha value is -0.680. The van der Waals surface area contributed by atoms with Crippen molar-refractivity contribution < 1.29 is 24.3 Å². The highest BCUT2D eigenvalue weighted by atomic mass is 31.2. The average molecular weight is 249 g/mol. The van der Waals surface area contributed by atoms with Crippen LogP contribution in [-0.4, -0.2) is 39.6 Å². The molecule has 2 unspecified atom stereocenters. The molecule has 0 radical (unpaired) electrons. The summed E-state index contributed by atoms with van der Waals surface area (Å²) in [6.07, 6.45) is 4.12. The molecule has 2 atom stereocenters. The molecule has 0 aromatic carbocycles. The molecule has 16 heavy (non-hydrogen) atoms. The van der Waals surface area contributed by atoms with Crippen LogP contribution in [0.25, 0.3) is 0 Å². The number of rotatable bonds is 4. The maximum absolute atomic E-state index is 10.7. The number of piperidine rings is 1. The Morgan fingerprint density at radius 2 is 2.19 bits per heavy atom. The van der Waals surface area contributed by atoms with E-state index in [0.29, 0.717) is 13.0 Å². The molecule has 1 heterocycles. The van der Waals surface area contributed by atoms with Gasteiger partial charge >= 0.3 is 13.6 Å².